The molecule has 1 spiro atoms. The highest BCUT2D eigenvalue weighted by Gasteiger charge is 2.74. The summed E-state index contributed by atoms with van der Waals surface area (Å²) in [6.45, 7) is 2.60. The molecule has 5 aliphatic rings. The van der Waals surface area contributed by atoms with Crippen LogP contribution in [0.3, 0.4) is 0 Å². The zero-order valence-corrected chi connectivity index (χ0v) is 27.0. The fraction of sp³-hybridized carbons (Fsp3) is 0.536. The van der Waals surface area contributed by atoms with Gasteiger partial charge in [-0.05, 0) is 42.9 Å². The molecule has 18 heteroatoms. The van der Waals surface area contributed by atoms with Crippen LogP contribution in [-0.2, 0) is 22.4 Å². The van der Waals surface area contributed by atoms with Crippen LogP contribution in [0.5, 0.6) is 0 Å². The van der Waals surface area contributed by atoms with Gasteiger partial charge in [0.2, 0.25) is 21.4 Å². The molecular weight excluding hydrogens is 667 g/mol. The monoisotopic (exact) mass is 698 g/mol. The minimum atomic E-state index is -2.74. The van der Waals surface area contributed by atoms with Crippen LogP contribution in [0, 0.1) is 0 Å². The fourth-order valence-electron chi connectivity index (χ4n) is 6.97. The minimum Gasteiger partial charge on any atom is -0.445 e. The molecule has 1 aromatic carbocycles. The van der Waals surface area contributed by atoms with E-state index in [0.29, 0.717) is 5.56 Å². The van der Waals surface area contributed by atoms with Crippen molar-refractivity contribution in [1.82, 2.24) is 36.0 Å². The Morgan fingerprint density at radius 3 is 2.65 bits per heavy atom. The normalized spacial score (nSPS) is 28.1. The predicted octanol–water partition coefficient (Wildman–Crippen LogP) is 0.118. The smallest absolute Gasteiger partial charge is 0.414 e. The van der Waals surface area contributed by atoms with Gasteiger partial charge < -0.3 is 40.7 Å². The number of likely N-dealkylation sites (N-methyl/N-ethyl adjacent to an activating group) is 1. The molecule has 248 valence electrons. The van der Waals surface area contributed by atoms with Gasteiger partial charge in [-0.15, -0.1) is 0 Å². The molecule has 46 heavy (non-hydrogen) atoms. The first-order valence-electron chi connectivity index (χ1n) is 14.6. The average molecular weight is 700 g/mol. The number of carbonyl (C=O) groups is 4. The van der Waals surface area contributed by atoms with Crippen molar-refractivity contribution in [3.05, 3.63) is 47.3 Å². The van der Waals surface area contributed by atoms with Gasteiger partial charge in [-0.25, -0.2) is 14.6 Å². The fourth-order valence-corrected chi connectivity index (χ4v) is 7.14. The number of hydrogen-bond acceptors (Lipinski definition) is 11. The average Bonchev–Trinajstić information content (AvgIpc) is 3.55. The lowest BCUT2D eigenvalue weighted by molar-refractivity contribution is -0.231. The Bertz CT molecular complexity index is 1530. The number of aliphatic imine (C=N–C) groups is 1. The van der Waals surface area contributed by atoms with E-state index >= 15 is 0 Å². The lowest BCUT2D eigenvalue weighted by atomic mass is 9.84. The molecule has 4 atom stereocenters. The standard InChI is InChI=1S/C28H33Cl3N8O7/c1-14-32-21-18(10-38-20(40)12-37(2)25(38)43)33-23(35-24(42)46-13-26(29,30)31)39-11-19(28(44,45)27(21,39)36-14)34-22(41)17-9-5-7-15-6-3-4-8-16(15)17/h5,7,9,18-19,21,32,36,44-45H,1,3-4,6,8,10-13H2,2H3,(H,34,41)(H,33,35,42)/t18-,19?,21?,27?/m0/s1. The Kier molecular flexibility index (Phi) is 8.20. The van der Waals surface area contributed by atoms with Gasteiger partial charge in [0.25, 0.3) is 5.91 Å². The summed E-state index contributed by atoms with van der Waals surface area (Å²) < 4.78 is 3.12. The highest BCUT2D eigenvalue weighted by Crippen LogP contribution is 2.45. The first kappa shape index (κ1) is 32.4. The number of nitrogens with zero attached hydrogens (tertiary/aromatic N) is 4. The lowest BCUT2D eigenvalue weighted by Crippen LogP contribution is -2.78. The third-order valence-electron chi connectivity index (χ3n) is 9.01. The zero-order valence-electron chi connectivity index (χ0n) is 24.7. The number of urea groups is 1. The molecule has 3 unspecified atom stereocenters. The minimum absolute atomic E-state index is 0.148. The molecule has 0 radical (unpaired) electrons. The van der Waals surface area contributed by atoms with E-state index in [1.54, 1.807) is 12.1 Å². The van der Waals surface area contributed by atoms with E-state index in [-0.39, 0.29) is 31.4 Å². The van der Waals surface area contributed by atoms with Crippen LogP contribution in [0.15, 0.2) is 35.6 Å². The summed E-state index contributed by atoms with van der Waals surface area (Å²) >= 11 is 17.2. The predicted molar refractivity (Wildman–Crippen MR) is 166 cm³/mol. The lowest BCUT2D eigenvalue weighted by Gasteiger charge is -2.49. The second-order valence-electron chi connectivity index (χ2n) is 12.0. The maximum atomic E-state index is 13.7. The molecule has 1 aromatic rings. The van der Waals surface area contributed by atoms with Gasteiger partial charge in [-0.2, -0.15) is 0 Å². The maximum Gasteiger partial charge on any atom is 0.414 e. The number of alkyl carbamates (subject to hydrolysis) is 1. The number of imide groups is 1. The van der Waals surface area contributed by atoms with Gasteiger partial charge >= 0.3 is 12.1 Å². The van der Waals surface area contributed by atoms with Crippen molar-refractivity contribution in [1.29, 1.82) is 0 Å². The van der Waals surface area contributed by atoms with Crippen LogP contribution in [0.1, 0.15) is 34.3 Å². The van der Waals surface area contributed by atoms with Gasteiger partial charge in [0.1, 0.15) is 19.2 Å². The van der Waals surface area contributed by atoms with Gasteiger partial charge in [0.05, 0.1) is 24.4 Å². The third-order valence-corrected chi connectivity index (χ3v) is 9.34. The summed E-state index contributed by atoms with van der Waals surface area (Å²) in [5.74, 6) is -3.78. The molecule has 3 fully saturated rings. The number of carbonyl (C=O) groups excluding carboxylic acids is 4. The van der Waals surface area contributed by atoms with Crippen molar-refractivity contribution >= 4 is 64.7 Å². The molecule has 0 aromatic heterocycles. The van der Waals surface area contributed by atoms with E-state index in [9.17, 15) is 29.4 Å². The highest BCUT2D eigenvalue weighted by molar-refractivity contribution is 6.67. The second-order valence-corrected chi connectivity index (χ2v) is 14.5. The maximum absolute atomic E-state index is 13.7. The first-order chi connectivity index (χ1) is 21.6. The molecule has 3 saturated heterocycles. The van der Waals surface area contributed by atoms with Crippen molar-refractivity contribution in [3.63, 3.8) is 0 Å². The number of aliphatic hydroxyl groups is 2. The highest BCUT2D eigenvalue weighted by atomic mass is 35.6. The van der Waals surface area contributed by atoms with E-state index in [4.69, 9.17) is 39.5 Å². The molecule has 1 aliphatic carbocycles. The second kappa shape index (κ2) is 11.6. The number of nitrogens with one attached hydrogen (secondary N) is 4. The number of rotatable bonds is 5. The van der Waals surface area contributed by atoms with E-state index in [0.717, 1.165) is 41.7 Å². The van der Waals surface area contributed by atoms with Gasteiger partial charge in [0.15, 0.2) is 5.66 Å². The van der Waals surface area contributed by atoms with Crippen molar-refractivity contribution in [2.75, 3.05) is 33.3 Å². The molecule has 5 amide bonds. The van der Waals surface area contributed by atoms with Gasteiger partial charge in [-0.3, -0.25) is 19.8 Å². The number of amides is 5. The van der Waals surface area contributed by atoms with Crippen LogP contribution in [0.4, 0.5) is 9.59 Å². The number of hydrogen-bond donors (Lipinski definition) is 6. The van der Waals surface area contributed by atoms with E-state index in [1.807, 2.05) is 6.07 Å². The Morgan fingerprint density at radius 2 is 1.96 bits per heavy atom. The van der Waals surface area contributed by atoms with E-state index < -0.39 is 63.9 Å². The molecule has 4 aliphatic heterocycles. The Labute approximate surface area is 278 Å². The number of guanidine groups is 1. The molecule has 6 rings (SSSR count). The van der Waals surface area contributed by atoms with Crippen LogP contribution >= 0.6 is 34.8 Å². The van der Waals surface area contributed by atoms with E-state index in [1.165, 1.54) is 16.8 Å². The molecule has 15 nitrogen and oxygen atoms in total. The van der Waals surface area contributed by atoms with Gasteiger partial charge in [0, 0.05) is 19.2 Å². The molecule has 0 saturated carbocycles. The third kappa shape index (κ3) is 5.47. The number of ether oxygens (including phenoxy) is 1. The topological polar surface area (TPSA) is 188 Å². The summed E-state index contributed by atoms with van der Waals surface area (Å²) in [4.78, 5) is 60.3. The largest absolute Gasteiger partial charge is 0.445 e. The van der Waals surface area contributed by atoms with Crippen molar-refractivity contribution in [3.8, 4) is 0 Å². The first-order valence-corrected chi connectivity index (χ1v) is 15.8. The van der Waals surface area contributed by atoms with Crippen molar-refractivity contribution in [2.45, 2.75) is 59.1 Å². The summed E-state index contributed by atoms with van der Waals surface area (Å²) in [6, 6.07) is 1.48. The van der Waals surface area contributed by atoms with Crippen LogP contribution in [0.2, 0.25) is 0 Å². The SMILES string of the molecule is C=C1NC2[C@H](CN3C(=O)CN(C)C3=O)N=C(NC(=O)OCC(Cl)(Cl)Cl)N3CC(NC(=O)c4cccc5c4CCCC5)C(O)(O)C23N1. The Hall–Kier alpha value is -3.50. The number of benzene rings is 1. The summed E-state index contributed by atoms with van der Waals surface area (Å²) in [5, 5.41) is 35.3. The van der Waals surface area contributed by atoms with Crippen molar-refractivity contribution in [2.24, 2.45) is 4.99 Å². The summed E-state index contributed by atoms with van der Waals surface area (Å²) in [7, 11) is 1.47. The number of fused-ring (bicyclic) bond motifs is 1. The van der Waals surface area contributed by atoms with E-state index in [2.05, 4.69) is 32.8 Å². The number of alkyl halides is 3. The zero-order chi connectivity index (χ0) is 33.2. The van der Waals surface area contributed by atoms with Crippen LogP contribution in [-0.4, -0.2) is 121 Å². The number of halogens is 3. The Balaban J connectivity index is 1.35. The number of aryl methyl sites for hydroxylation is 1. The van der Waals surface area contributed by atoms with Crippen molar-refractivity contribution < 1.29 is 34.1 Å². The molecular formula is C28H33Cl3N8O7. The molecule has 6 N–H and O–H groups in total. The quantitative estimate of drug-likeness (QED) is 0.140. The molecule has 0 bridgehead atoms. The van der Waals surface area contributed by atoms with Gasteiger partial charge in [-0.1, -0.05) is 53.5 Å². The Morgan fingerprint density at radius 1 is 1.22 bits per heavy atom. The summed E-state index contributed by atoms with van der Waals surface area (Å²) in [6.07, 6.45) is 2.43. The van der Waals surface area contributed by atoms with Crippen LogP contribution in [0.25, 0.3) is 0 Å². The summed E-state index contributed by atoms with van der Waals surface area (Å²) in [5.41, 5.74) is 0.508. The van der Waals surface area contributed by atoms with Crippen LogP contribution < -0.4 is 21.3 Å². The molecule has 4 heterocycles.